The number of benzene rings is 2. The number of carbonyl (C=O) groups excluding carboxylic acids is 2. The number of rotatable bonds is 13. The molecule has 2 aromatic rings. The summed E-state index contributed by atoms with van der Waals surface area (Å²) < 4.78 is 32.1. The monoisotopic (exact) mass is 557 g/mol. The number of ether oxygens (including phenoxy) is 1. The summed E-state index contributed by atoms with van der Waals surface area (Å²) in [5.74, 6) is 0.370. The van der Waals surface area contributed by atoms with E-state index in [1.807, 2.05) is 63.2 Å². The Hall–Kier alpha value is -3.07. The number of anilines is 1. The lowest BCUT2D eigenvalue weighted by molar-refractivity contribution is -0.141. The molecule has 1 atom stereocenters. The normalized spacial score (nSPS) is 14.6. The van der Waals surface area contributed by atoms with Crippen molar-refractivity contribution in [2.45, 2.75) is 84.3 Å². The maximum Gasteiger partial charge on any atom is 0.243 e. The van der Waals surface area contributed by atoms with Crippen LogP contribution in [0, 0.1) is 13.8 Å². The molecular weight excluding hydrogens is 514 g/mol. The molecule has 1 saturated carbocycles. The van der Waals surface area contributed by atoms with Gasteiger partial charge in [-0.25, -0.2) is 8.42 Å². The number of amides is 2. The fourth-order valence-corrected chi connectivity index (χ4v) is 6.24. The topological polar surface area (TPSA) is 96.0 Å². The Balaban J connectivity index is 1.79. The summed E-state index contributed by atoms with van der Waals surface area (Å²) in [5.41, 5.74) is 3.30. The Kier molecular flexibility index (Phi) is 10.8. The summed E-state index contributed by atoms with van der Waals surface area (Å²) in [6, 6.07) is 12.7. The molecular formula is C30H43N3O5S. The van der Waals surface area contributed by atoms with Crippen LogP contribution in [0.15, 0.2) is 42.5 Å². The van der Waals surface area contributed by atoms with Gasteiger partial charge in [0.05, 0.1) is 19.1 Å². The van der Waals surface area contributed by atoms with E-state index in [0.29, 0.717) is 24.3 Å². The first-order valence-corrected chi connectivity index (χ1v) is 15.7. The van der Waals surface area contributed by atoms with E-state index in [9.17, 15) is 18.0 Å². The predicted octanol–water partition coefficient (Wildman–Crippen LogP) is 4.72. The van der Waals surface area contributed by atoms with Crippen molar-refractivity contribution in [1.29, 1.82) is 0 Å². The number of aryl methyl sites for hydroxylation is 2. The second-order valence-electron chi connectivity index (χ2n) is 10.5. The molecule has 0 aliphatic heterocycles. The van der Waals surface area contributed by atoms with Gasteiger partial charge in [0, 0.05) is 25.6 Å². The minimum atomic E-state index is -3.55. The van der Waals surface area contributed by atoms with Gasteiger partial charge in [-0.15, -0.1) is 0 Å². The number of sulfonamides is 1. The van der Waals surface area contributed by atoms with E-state index >= 15 is 0 Å². The number of hydrogen-bond donors (Lipinski definition) is 1. The molecule has 9 heteroatoms. The maximum atomic E-state index is 13.7. The van der Waals surface area contributed by atoms with Crippen LogP contribution < -0.4 is 14.4 Å². The predicted molar refractivity (Wildman–Crippen MR) is 155 cm³/mol. The van der Waals surface area contributed by atoms with E-state index in [4.69, 9.17) is 4.74 Å². The Morgan fingerprint density at radius 3 is 2.46 bits per heavy atom. The Morgan fingerprint density at radius 1 is 1.10 bits per heavy atom. The molecule has 0 spiro atoms. The zero-order valence-electron chi connectivity index (χ0n) is 23.9. The van der Waals surface area contributed by atoms with Gasteiger partial charge in [-0.2, -0.15) is 0 Å². The van der Waals surface area contributed by atoms with E-state index in [1.165, 1.54) is 10.6 Å². The third-order valence-electron chi connectivity index (χ3n) is 7.36. The highest BCUT2D eigenvalue weighted by molar-refractivity contribution is 7.92. The largest absolute Gasteiger partial charge is 0.497 e. The van der Waals surface area contributed by atoms with Gasteiger partial charge in [-0.05, 0) is 74.4 Å². The van der Waals surface area contributed by atoms with Crippen molar-refractivity contribution in [3.63, 3.8) is 0 Å². The summed E-state index contributed by atoms with van der Waals surface area (Å²) in [4.78, 5) is 28.7. The van der Waals surface area contributed by atoms with Crippen molar-refractivity contribution in [3.05, 3.63) is 59.2 Å². The number of methoxy groups -OCH3 is 1. The van der Waals surface area contributed by atoms with Crippen molar-refractivity contribution in [1.82, 2.24) is 10.2 Å². The van der Waals surface area contributed by atoms with Crippen LogP contribution in [0.2, 0.25) is 0 Å². The van der Waals surface area contributed by atoms with Crippen molar-refractivity contribution >= 4 is 27.5 Å². The molecule has 1 N–H and O–H groups in total. The highest BCUT2D eigenvalue weighted by Gasteiger charge is 2.31. The summed E-state index contributed by atoms with van der Waals surface area (Å²) in [5, 5.41) is 3.16. The van der Waals surface area contributed by atoms with Crippen molar-refractivity contribution in [2.75, 3.05) is 24.2 Å². The standard InChI is InChI=1S/C30H43N3O5S/c1-6-27(30(35)31-25-12-7-8-13-25)32(21-24-11-9-14-26(20-24)38-4)29(34)15-10-18-33(39(5,36)37)28-19-22(2)16-17-23(28)3/h9,11,14,16-17,19-20,25,27H,6-8,10,12-13,15,18,21H2,1-5H3,(H,31,35). The first-order chi connectivity index (χ1) is 18.5. The summed E-state index contributed by atoms with van der Waals surface area (Å²) in [6.45, 7) is 6.15. The van der Waals surface area contributed by atoms with Crippen LogP contribution in [-0.4, -0.2) is 57.1 Å². The Bertz CT molecular complexity index is 1240. The van der Waals surface area contributed by atoms with Crippen LogP contribution in [0.25, 0.3) is 0 Å². The van der Waals surface area contributed by atoms with Gasteiger partial charge in [0.1, 0.15) is 11.8 Å². The zero-order valence-corrected chi connectivity index (χ0v) is 24.7. The molecule has 0 aromatic heterocycles. The molecule has 39 heavy (non-hydrogen) atoms. The SMILES string of the molecule is CCC(C(=O)NC1CCCC1)N(Cc1cccc(OC)c1)C(=O)CCCN(c1cc(C)ccc1C)S(C)(=O)=O. The minimum absolute atomic E-state index is 0.119. The average Bonchev–Trinajstić information content (AvgIpc) is 3.40. The third-order valence-corrected chi connectivity index (χ3v) is 8.54. The highest BCUT2D eigenvalue weighted by Crippen LogP contribution is 2.25. The zero-order chi connectivity index (χ0) is 28.6. The van der Waals surface area contributed by atoms with Gasteiger partial charge in [0.2, 0.25) is 21.8 Å². The van der Waals surface area contributed by atoms with Gasteiger partial charge in [-0.3, -0.25) is 13.9 Å². The Labute approximate surface area is 233 Å². The molecule has 214 valence electrons. The molecule has 0 bridgehead atoms. The molecule has 3 rings (SSSR count). The fourth-order valence-electron chi connectivity index (χ4n) is 5.23. The lowest BCUT2D eigenvalue weighted by Gasteiger charge is -2.32. The molecule has 2 amide bonds. The molecule has 1 unspecified atom stereocenters. The summed E-state index contributed by atoms with van der Waals surface area (Å²) in [7, 11) is -1.96. The van der Waals surface area contributed by atoms with Crippen molar-refractivity contribution in [3.8, 4) is 5.75 Å². The summed E-state index contributed by atoms with van der Waals surface area (Å²) >= 11 is 0. The first-order valence-electron chi connectivity index (χ1n) is 13.8. The lowest BCUT2D eigenvalue weighted by Crippen LogP contribution is -2.51. The first kappa shape index (κ1) is 30.5. The highest BCUT2D eigenvalue weighted by atomic mass is 32.2. The molecule has 0 heterocycles. The molecule has 1 fully saturated rings. The van der Waals surface area contributed by atoms with Gasteiger partial charge in [-0.1, -0.05) is 44.0 Å². The number of nitrogens with one attached hydrogen (secondary N) is 1. The van der Waals surface area contributed by atoms with E-state index in [0.717, 1.165) is 42.4 Å². The van der Waals surface area contributed by atoms with Crippen LogP contribution in [0.5, 0.6) is 5.75 Å². The fraction of sp³-hybridized carbons (Fsp3) is 0.533. The van der Waals surface area contributed by atoms with Crippen LogP contribution in [-0.2, 0) is 26.2 Å². The second kappa shape index (κ2) is 13.8. The maximum absolute atomic E-state index is 13.7. The molecule has 8 nitrogen and oxygen atoms in total. The number of hydrogen-bond acceptors (Lipinski definition) is 5. The summed E-state index contributed by atoms with van der Waals surface area (Å²) in [6.07, 6.45) is 6.25. The number of nitrogens with zero attached hydrogens (tertiary/aromatic N) is 2. The van der Waals surface area contributed by atoms with Crippen LogP contribution in [0.3, 0.4) is 0 Å². The van der Waals surface area contributed by atoms with E-state index in [2.05, 4.69) is 5.32 Å². The molecule has 1 aliphatic carbocycles. The van der Waals surface area contributed by atoms with Crippen LogP contribution >= 0.6 is 0 Å². The van der Waals surface area contributed by atoms with E-state index in [1.54, 1.807) is 12.0 Å². The average molecular weight is 558 g/mol. The molecule has 0 saturated heterocycles. The minimum Gasteiger partial charge on any atom is -0.497 e. The number of carbonyl (C=O) groups is 2. The van der Waals surface area contributed by atoms with Gasteiger partial charge in [0.15, 0.2) is 0 Å². The second-order valence-corrected chi connectivity index (χ2v) is 12.4. The molecule has 0 radical (unpaired) electrons. The van der Waals surface area contributed by atoms with Crippen LogP contribution in [0.4, 0.5) is 5.69 Å². The van der Waals surface area contributed by atoms with Gasteiger partial charge >= 0.3 is 0 Å². The van der Waals surface area contributed by atoms with Crippen LogP contribution in [0.1, 0.15) is 68.6 Å². The van der Waals surface area contributed by atoms with E-state index in [-0.39, 0.29) is 37.4 Å². The third kappa shape index (κ3) is 8.46. The molecule has 2 aromatic carbocycles. The molecule has 1 aliphatic rings. The quantitative estimate of drug-likeness (QED) is 0.384. The van der Waals surface area contributed by atoms with Crippen molar-refractivity contribution < 1.29 is 22.7 Å². The van der Waals surface area contributed by atoms with Gasteiger partial charge < -0.3 is 15.0 Å². The Morgan fingerprint density at radius 2 is 1.82 bits per heavy atom. The van der Waals surface area contributed by atoms with Gasteiger partial charge in [0.25, 0.3) is 0 Å². The lowest BCUT2D eigenvalue weighted by atomic mass is 10.1. The smallest absolute Gasteiger partial charge is 0.243 e. The van der Waals surface area contributed by atoms with E-state index < -0.39 is 16.1 Å². The van der Waals surface area contributed by atoms with Crippen molar-refractivity contribution in [2.24, 2.45) is 0 Å².